The van der Waals surface area contributed by atoms with Gasteiger partial charge in [-0.25, -0.2) is 0 Å². The van der Waals surface area contributed by atoms with Crippen LogP contribution >= 0.6 is 22.6 Å². The molecule has 1 N–H and O–H groups in total. The summed E-state index contributed by atoms with van der Waals surface area (Å²) in [5.74, 6) is 0.513. The summed E-state index contributed by atoms with van der Waals surface area (Å²) >= 11 is 2.42. The summed E-state index contributed by atoms with van der Waals surface area (Å²) in [6, 6.07) is 10.2. The Morgan fingerprint density at radius 1 is 1.25 bits per heavy atom. The Balaban J connectivity index is 1.72. The van der Waals surface area contributed by atoms with Crippen molar-refractivity contribution in [3.63, 3.8) is 0 Å². The molecule has 0 bridgehead atoms. The third kappa shape index (κ3) is 3.43. The van der Waals surface area contributed by atoms with Crippen LogP contribution in [0.4, 0.5) is 0 Å². The second-order valence-corrected chi connectivity index (χ2v) is 6.00. The zero-order chi connectivity index (χ0) is 11.4. The highest BCUT2D eigenvalue weighted by atomic mass is 127. The van der Waals surface area contributed by atoms with Gasteiger partial charge in [-0.05, 0) is 24.3 Å². The molecule has 0 amide bonds. The molecule has 1 aromatic rings. The minimum absolute atomic E-state index is 0.118. The number of ether oxygens (including phenoxy) is 1. The van der Waals surface area contributed by atoms with E-state index in [1.807, 2.05) is 18.2 Å². The number of halogens is 1. The Morgan fingerprint density at radius 2 is 2.00 bits per heavy atom. The van der Waals surface area contributed by atoms with E-state index in [0.29, 0.717) is 16.4 Å². The van der Waals surface area contributed by atoms with Gasteiger partial charge in [0.05, 0.1) is 19.3 Å². The van der Waals surface area contributed by atoms with Crippen molar-refractivity contribution >= 4 is 22.6 Å². The molecule has 2 rings (SSSR count). The van der Waals surface area contributed by atoms with Gasteiger partial charge in [0.15, 0.2) is 0 Å². The lowest BCUT2D eigenvalue weighted by Crippen LogP contribution is -2.14. The van der Waals surface area contributed by atoms with E-state index in [0.717, 1.165) is 19.4 Å². The van der Waals surface area contributed by atoms with Gasteiger partial charge in [0.1, 0.15) is 0 Å². The lowest BCUT2D eigenvalue weighted by molar-refractivity contribution is 0.0839. The van der Waals surface area contributed by atoms with Crippen LogP contribution in [0.2, 0.25) is 0 Å². The minimum atomic E-state index is -0.118. The molecule has 16 heavy (non-hydrogen) atoms. The smallest absolute Gasteiger partial charge is 0.0717 e. The molecule has 0 radical (unpaired) electrons. The van der Waals surface area contributed by atoms with Gasteiger partial charge >= 0.3 is 0 Å². The highest BCUT2D eigenvalue weighted by molar-refractivity contribution is 14.1. The highest BCUT2D eigenvalue weighted by Crippen LogP contribution is 2.32. The molecular weight excluding hydrogens is 315 g/mol. The van der Waals surface area contributed by atoms with Crippen molar-refractivity contribution in [3.8, 4) is 0 Å². The monoisotopic (exact) mass is 332 g/mol. The number of aliphatic hydroxyl groups excluding tert-OH is 1. The van der Waals surface area contributed by atoms with E-state index < -0.39 is 0 Å². The molecule has 88 valence electrons. The number of hydrogen-bond donors (Lipinski definition) is 1. The predicted octanol–water partition coefficient (Wildman–Crippen LogP) is 2.78. The summed E-state index contributed by atoms with van der Waals surface area (Å²) in [5, 5.41) is 9.53. The molecule has 1 saturated carbocycles. The summed E-state index contributed by atoms with van der Waals surface area (Å²) in [6.45, 7) is 1.44. The van der Waals surface area contributed by atoms with E-state index in [1.54, 1.807) is 0 Å². The van der Waals surface area contributed by atoms with Gasteiger partial charge < -0.3 is 9.84 Å². The predicted molar refractivity (Wildman–Crippen MR) is 72.6 cm³/mol. The molecule has 0 spiro atoms. The second kappa shape index (κ2) is 5.98. The fraction of sp³-hybridized carbons (Fsp3) is 0.538. The average molecular weight is 332 g/mol. The van der Waals surface area contributed by atoms with E-state index in [-0.39, 0.29) is 6.10 Å². The lowest BCUT2D eigenvalue weighted by atomic mass is 10.1. The van der Waals surface area contributed by atoms with Crippen LogP contribution in [-0.4, -0.2) is 21.7 Å². The van der Waals surface area contributed by atoms with E-state index >= 15 is 0 Å². The molecule has 1 aliphatic rings. The molecule has 0 heterocycles. The van der Waals surface area contributed by atoms with Crippen LogP contribution in [0.5, 0.6) is 0 Å². The van der Waals surface area contributed by atoms with Crippen molar-refractivity contribution in [2.75, 3.05) is 6.61 Å². The van der Waals surface area contributed by atoms with Crippen molar-refractivity contribution in [2.45, 2.75) is 29.5 Å². The Labute approximate surface area is 110 Å². The number of rotatable bonds is 4. The topological polar surface area (TPSA) is 29.5 Å². The van der Waals surface area contributed by atoms with Crippen LogP contribution in [0, 0.1) is 5.92 Å². The van der Waals surface area contributed by atoms with Gasteiger partial charge in [-0.15, -0.1) is 0 Å². The summed E-state index contributed by atoms with van der Waals surface area (Å²) in [4.78, 5) is 0. The van der Waals surface area contributed by atoms with Crippen LogP contribution < -0.4 is 0 Å². The molecular formula is C13H17IO2. The van der Waals surface area contributed by atoms with E-state index in [1.165, 1.54) is 5.56 Å². The Hall–Kier alpha value is -0.130. The third-order valence-electron chi connectivity index (χ3n) is 3.03. The van der Waals surface area contributed by atoms with Crippen LogP contribution in [0.1, 0.15) is 18.4 Å². The van der Waals surface area contributed by atoms with Crippen LogP contribution in [0.15, 0.2) is 30.3 Å². The maximum Gasteiger partial charge on any atom is 0.0717 e. The molecule has 0 aliphatic heterocycles. The largest absolute Gasteiger partial charge is 0.393 e. The minimum Gasteiger partial charge on any atom is -0.393 e. The first-order valence-electron chi connectivity index (χ1n) is 5.69. The molecule has 3 atom stereocenters. The normalized spacial score (nSPS) is 29.5. The highest BCUT2D eigenvalue weighted by Gasteiger charge is 2.31. The van der Waals surface area contributed by atoms with Gasteiger partial charge in [-0.1, -0.05) is 52.9 Å². The van der Waals surface area contributed by atoms with Crippen LogP contribution in [0.3, 0.4) is 0 Å². The Bertz CT molecular complexity index is 315. The lowest BCUT2D eigenvalue weighted by Gasteiger charge is -2.13. The molecule has 1 aromatic carbocycles. The van der Waals surface area contributed by atoms with Gasteiger partial charge in [0.25, 0.3) is 0 Å². The molecule has 3 heteroatoms. The summed E-state index contributed by atoms with van der Waals surface area (Å²) in [7, 11) is 0. The molecule has 2 nitrogen and oxygen atoms in total. The molecule has 1 unspecified atom stereocenters. The third-order valence-corrected chi connectivity index (χ3v) is 4.55. The number of aliphatic hydroxyl groups is 1. The molecule has 0 saturated heterocycles. The van der Waals surface area contributed by atoms with Crippen molar-refractivity contribution in [1.82, 2.24) is 0 Å². The first kappa shape index (κ1) is 12.3. The second-order valence-electron chi connectivity index (χ2n) is 4.40. The van der Waals surface area contributed by atoms with Crippen molar-refractivity contribution in [2.24, 2.45) is 5.92 Å². The summed E-state index contributed by atoms with van der Waals surface area (Å²) in [6.07, 6.45) is 1.69. The molecule has 0 aromatic heterocycles. The average Bonchev–Trinajstić information content (AvgIpc) is 2.59. The Morgan fingerprint density at radius 3 is 2.62 bits per heavy atom. The first-order valence-corrected chi connectivity index (χ1v) is 6.94. The van der Waals surface area contributed by atoms with Gasteiger partial charge in [0.2, 0.25) is 0 Å². The van der Waals surface area contributed by atoms with Crippen molar-refractivity contribution < 1.29 is 9.84 Å². The molecule has 1 fully saturated rings. The fourth-order valence-electron chi connectivity index (χ4n) is 2.12. The number of hydrogen-bond acceptors (Lipinski definition) is 2. The Kier molecular flexibility index (Phi) is 4.61. The van der Waals surface area contributed by atoms with Gasteiger partial charge in [-0.3, -0.25) is 0 Å². The van der Waals surface area contributed by atoms with E-state index in [4.69, 9.17) is 4.74 Å². The number of benzene rings is 1. The fourth-order valence-corrected chi connectivity index (χ4v) is 3.21. The van der Waals surface area contributed by atoms with Gasteiger partial charge in [-0.2, -0.15) is 0 Å². The van der Waals surface area contributed by atoms with E-state index in [2.05, 4.69) is 34.7 Å². The summed E-state index contributed by atoms with van der Waals surface area (Å²) in [5.41, 5.74) is 1.21. The van der Waals surface area contributed by atoms with Crippen molar-refractivity contribution in [3.05, 3.63) is 35.9 Å². The quantitative estimate of drug-likeness (QED) is 0.679. The summed E-state index contributed by atoms with van der Waals surface area (Å²) < 4.78 is 6.27. The van der Waals surface area contributed by atoms with Crippen LogP contribution in [0.25, 0.3) is 0 Å². The zero-order valence-corrected chi connectivity index (χ0v) is 11.3. The van der Waals surface area contributed by atoms with Crippen LogP contribution in [-0.2, 0) is 11.3 Å². The SMILES string of the molecule is O[C@H]1CC(I)[C@@H](COCc2ccccc2)C1. The standard InChI is InChI=1S/C13H17IO2/c14-13-7-12(15)6-11(13)9-16-8-10-4-2-1-3-5-10/h1-5,11-13,15H,6-9H2/t11-,12-,13?/m1/s1. The van der Waals surface area contributed by atoms with E-state index in [9.17, 15) is 5.11 Å². The molecule has 1 aliphatic carbocycles. The maximum absolute atomic E-state index is 9.53. The number of alkyl halides is 1. The first-order chi connectivity index (χ1) is 7.75. The maximum atomic E-state index is 9.53. The zero-order valence-electron chi connectivity index (χ0n) is 9.18. The van der Waals surface area contributed by atoms with Crippen molar-refractivity contribution in [1.29, 1.82) is 0 Å². The van der Waals surface area contributed by atoms with Gasteiger partial charge in [0, 0.05) is 3.92 Å².